The zero-order valence-corrected chi connectivity index (χ0v) is 10.7. The van der Waals surface area contributed by atoms with Crippen molar-refractivity contribution in [3.05, 3.63) is 41.4 Å². The Bertz CT molecular complexity index is 462. The van der Waals surface area contributed by atoms with Gasteiger partial charge < -0.3 is 0 Å². The number of hydrogen-bond acceptors (Lipinski definition) is 2. The monoisotopic (exact) mass is 249 g/mol. The lowest BCUT2D eigenvalue weighted by atomic mass is 10.2. The largest absolute Gasteiger partial charge is 0.221 e. The van der Waals surface area contributed by atoms with Crippen LogP contribution in [-0.2, 0) is 6.42 Å². The molecular weight excluding hydrogens is 234 g/mol. The van der Waals surface area contributed by atoms with Gasteiger partial charge in [-0.25, -0.2) is 9.67 Å². The first-order valence-electron chi connectivity index (χ1n) is 5.96. The zero-order valence-electron chi connectivity index (χ0n) is 9.93. The van der Waals surface area contributed by atoms with Crippen molar-refractivity contribution < 1.29 is 0 Å². The molecule has 90 valence electrons. The second-order valence-corrected chi connectivity index (χ2v) is 4.48. The molecule has 4 heteroatoms. The summed E-state index contributed by atoms with van der Waals surface area (Å²) in [6.45, 7) is 2.19. The van der Waals surface area contributed by atoms with Crippen LogP contribution in [0.5, 0.6) is 0 Å². The smallest absolute Gasteiger partial charge is 0.151 e. The molecule has 0 N–H and O–H groups in total. The molecule has 0 saturated carbocycles. The molecule has 0 aliphatic rings. The van der Waals surface area contributed by atoms with E-state index in [1.54, 1.807) is 11.0 Å². The van der Waals surface area contributed by atoms with Gasteiger partial charge in [0.2, 0.25) is 0 Å². The average molecular weight is 250 g/mol. The normalized spacial score (nSPS) is 10.7. The van der Waals surface area contributed by atoms with E-state index < -0.39 is 0 Å². The minimum Gasteiger partial charge on any atom is -0.221 e. The molecule has 17 heavy (non-hydrogen) atoms. The second-order valence-electron chi connectivity index (χ2n) is 4.04. The van der Waals surface area contributed by atoms with Gasteiger partial charge in [-0.3, -0.25) is 0 Å². The second kappa shape index (κ2) is 5.82. The Morgan fingerprint density at radius 3 is 2.65 bits per heavy atom. The molecule has 0 radical (unpaired) electrons. The zero-order chi connectivity index (χ0) is 12.1. The number of nitrogens with zero attached hydrogens (tertiary/aromatic N) is 3. The van der Waals surface area contributed by atoms with Gasteiger partial charge in [0.25, 0.3) is 0 Å². The lowest BCUT2D eigenvalue weighted by Gasteiger charge is -1.99. The Hall–Kier alpha value is -1.35. The Morgan fingerprint density at radius 1 is 1.18 bits per heavy atom. The Morgan fingerprint density at radius 2 is 1.94 bits per heavy atom. The van der Waals surface area contributed by atoms with E-state index in [0.717, 1.165) is 29.4 Å². The Balaban J connectivity index is 2.04. The van der Waals surface area contributed by atoms with Gasteiger partial charge in [0, 0.05) is 11.4 Å². The lowest BCUT2D eigenvalue weighted by molar-refractivity contribution is 0.690. The van der Waals surface area contributed by atoms with E-state index in [4.69, 9.17) is 11.6 Å². The van der Waals surface area contributed by atoms with Crippen LogP contribution in [0.25, 0.3) is 5.69 Å². The predicted molar refractivity (Wildman–Crippen MR) is 69.6 cm³/mol. The Kier molecular flexibility index (Phi) is 4.15. The molecular formula is C13H16ClN3. The molecule has 0 unspecified atom stereocenters. The van der Waals surface area contributed by atoms with Crippen molar-refractivity contribution in [3.8, 4) is 5.69 Å². The quantitative estimate of drug-likeness (QED) is 0.758. The number of benzene rings is 1. The van der Waals surface area contributed by atoms with Crippen molar-refractivity contribution in [2.75, 3.05) is 0 Å². The standard InChI is InChI=1S/C13H16ClN3/c1-2-3-4-5-13-15-10-17(16-13)12-8-6-11(14)7-9-12/h6-10H,2-5H2,1H3. The minimum atomic E-state index is 0.733. The third-order valence-electron chi connectivity index (χ3n) is 2.63. The summed E-state index contributed by atoms with van der Waals surface area (Å²) in [6, 6.07) is 7.59. The highest BCUT2D eigenvalue weighted by molar-refractivity contribution is 6.30. The molecule has 0 bridgehead atoms. The molecule has 0 spiro atoms. The number of unbranched alkanes of at least 4 members (excludes halogenated alkanes) is 2. The summed E-state index contributed by atoms with van der Waals surface area (Å²) in [4.78, 5) is 4.31. The first kappa shape index (κ1) is 12.1. The van der Waals surface area contributed by atoms with Crippen LogP contribution in [0, 0.1) is 0 Å². The van der Waals surface area contributed by atoms with Crippen molar-refractivity contribution in [2.45, 2.75) is 32.6 Å². The van der Waals surface area contributed by atoms with Crippen molar-refractivity contribution in [1.29, 1.82) is 0 Å². The van der Waals surface area contributed by atoms with Gasteiger partial charge in [0.15, 0.2) is 5.82 Å². The van der Waals surface area contributed by atoms with Gasteiger partial charge >= 0.3 is 0 Å². The highest BCUT2D eigenvalue weighted by Gasteiger charge is 2.02. The fourth-order valence-corrected chi connectivity index (χ4v) is 1.79. The fourth-order valence-electron chi connectivity index (χ4n) is 1.66. The summed E-state index contributed by atoms with van der Waals surface area (Å²) in [7, 11) is 0. The first-order chi connectivity index (χ1) is 8.29. The summed E-state index contributed by atoms with van der Waals surface area (Å²) in [6.07, 6.45) is 6.31. The molecule has 0 fully saturated rings. The molecule has 1 aromatic heterocycles. The summed E-state index contributed by atoms with van der Waals surface area (Å²) in [5.74, 6) is 0.911. The number of halogens is 1. The van der Waals surface area contributed by atoms with Crippen molar-refractivity contribution >= 4 is 11.6 Å². The van der Waals surface area contributed by atoms with Crippen molar-refractivity contribution in [2.24, 2.45) is 0 Å². The fraction of sp³-hybridized carbons (Fsp3) is 0.385. The van der Waals surface area contributed by atoms with Gasteiger partial charge in [0.05, 0.1) is 5.69 Å². The third-order valence-corrected chi connectivity index (χ3v) is 2.89. The van der Waals surface area contributed by atoms with E-state index in [1.165, 1.54) is 12.8 Å². The number of aromatic nitrogens is 3. The third kappa shape index (κ3) is 3.30. The maximum atomic E-state index is 5.84. The molecule has 1 heterocycles. The maximum Gasteiger partial charge on any atom is 0.151 e. The summed E-state index contributed by atoms with van der Waals surface area (Å²) in [5, 5.41) is 5.18. The molecule has 0 atom stereocenters. The van der Waals surface area contributed by atoms with Gasteiger partial charge in [-0.2, -0.15) is 5.10 Å². The lowest BCUT2D eigenvalue weighted by Crippen LogP contribution is -1.96. The van der Waals surface area contributed by atoms with Gasteiger partial charge in [0.1, 0.15) is 6.33 Å². The topological polar surface area (TPSA) is 30.7 Å². The van der Waals surface area contributed by atoms with E-state index >= 15 is 0 Å². The molecule has 0 amide bonds. The van der Waals surface area contributed by atoms with Crippen LogP contribution in [0.1, 0.15) is 32.0 Å². The van der Waals surface area contributed by atoms with Crippen LogP contribution < -0.4 is 0 Å². The van der Waals surface area contributed by atoms with Crippen LogP contribution in [0.2, 0.25) is 5.02 Å². The molecule has 0 aliphatic carbocycles. The SMILES string of the molecule is CCCCCc1ncn(-c2ccc(Cl)cc2)n1. The summed E-state index contributed by atoms with van der Waals surface area (Å²) in [5.41, 5.74) is 0.989. The molecule has 2 rings (SSSR count). The van der Waals surface area contributed by atoms with Gasteiger partial charge in [-0.05, 0) is 30.7 Å². The number of hydrogen-bond donors (Lipinski definition) is 0. The van der Waals surface area contributed by atoms with Gasteiger partial charge in [-0.15, -0.1) is 0 Å². The van der Waals surface area contributed by atoms with Crippen molar-refractivity contribution in [1.82, 2.24) is 14.8 Å². The van der Waals surface area contributed by atoms with Crippen molar-refractivity contribution in [3.63, 3.8) is 0 Å². The Labute approximate surface area is 106 Å². The van der Waals surface area contributed by atoms with Crippen LogP contribution in [0.4, 0.5) is 0 Å². The summed E-state index contributed by atoms with van der Waals surface area (Å²) >= 11 is 5.84. The number of aryl methyl sites for hydroxylation is 1. The van der Waals surface area contributed by atoms with Crippen LogP contribution in [-0.4, -0.2) is 14.8 Å². The van der Waals surface area contributed by atoms with E-state index in [0.29, 0.717) is 0 Å². The van der Waals surface area contributed by atoms with Crippen LogP contribution in [0.15, 0.2) is 30.6 Å². The predicted octanol–water partition coefficient (Wildman–Crippen LogP) is 3.65. The van der Waals surface area contributed by atoms with E-state index in [-0.39, 0.29) is 0 Å². The molecule has 0 aliphatic heterocycles. The molecule has 0 saturated heterocycles. The van der Waals surface area contributed by atoms with E-state index in [2.05, 4.69) is 17.0 Å². The van der Waals surface area contributed by atoms with E-state index in [1.807, 2.05) is 24.3 Å². The van der Waals surface area contributed by atoms with Gasteiger partial charge in [-0.1, -0.05) is 31.4 Å². The molecule has 1 aromatic carbocycles. The summed E-state index contributed by atoms with van der Waals surface area (Å²) < 4.78 is 1.79. The highest BCUT2D eigenvalue weighted by Crippen LogP contribution is 2.12. The van der Waals surface area contributed by atoms with Crippen LogP contribution in [0.3, 0.4) is 0 Å². The highest BCUT2D eigenvalue weighted by atomic mass is 35.5. The molecule has 2 aromatic rings. The van der Waals surface area contributed by atoms with Crippen LogP contribution >= 0.6 is 11.6 Å². The number of rotatable bonds is 5. The average Bonchev–Trinajstić information content (AvgIpc) is 2.79. The first-order valence-corrected chi connectivity index (χ1v) is 6.34. The maximum absolute atomic E-state index is 5.84. The molecule has 3 nitrogen and oxygen atoms in total. The van der Waals surface area contributed by atoms with E-state index in [9.17, 15) is 0 Å². The minimum absolute atomic E-state index is 0.733.